The van der Waals surface area contributed by atoms with Gasteiger partial charge in [-0.3, -0.25) is 9.69 Å². The van der Waals surface area contributed by atoms with E-state index >= 15 is 0 Å². The van der Waals surface area contributed by atoms with Crippen LogP contribution in [0.15, 0.2) is 59.5 Å². The maximum Gasteiger partial charge on any atom is 0.243 e. The van der Waals surface area contributed by atoms with Gasteiger partial charge in [-0.05, 0) is 43.6 Å². The zero-order valence-corrected chi connectivity index (χ0v) is 20.0. The van der Waals surface area contributed by atoms with Gasteiger partial charge in [0.15, 0.2) is 5.78 Å². The van der Waals surface area contributed by atoms with Crippen molar-refractivity contribution in [1.29, 1.82) is 0 Å². The van der Waals surface area contributed by atoms with Crippen LogP contribution in [0.3, 0.4) is 0 Å². The van der Waals surface area contributed by atoms with Gasteiger partial charge in [-0.15, -0.1) is 0 Å². The number of ketones is 1. The number of carbonyl (C=O) groups excluding carboxylic acids is 1. The van der Waals surface area contributed by atoms with Gasteiger partial charge in [-0.1, -0.05) is 62.7 Å². The van der Waals surface area contributed by atoms with Crippen LogP contribution in [-0.2, 0) is 10.0 Å². The number of benzene rings is 2. The van der Waals surface area contributed by atoms with Crippen LogP contribution in [0.4, 0.5) is 0 Å². The van der Waals surface area contributed by atoms with Crippen molar-refractivity contribution >= 4 is 15.8 Å². The van der Waals surface area contributed by atoms with E-state index in [-0.39, 0.29) is 23.3 Å². The van der Waals surface area contributed by atoms with Crippen molar-refractivity contribution in [2.24, 2.45) is 0 Å². The molecule has 1 heterocycles. The lowest BCUT2D eigenvalue weighted by Gasteiger charge is -2.35. The molecule has 0 bridgehead atoms. The second-order valence-corrected chi connectivity index (χ2v) is 10.1. The predicted molar refractivity (Wildman–Crippen MR) is 128 cm³/mol. The summed E-state index contributed by atoms with van der Waals surface area (Å²) in [7, 11) is -3.51. The first-order valence-electron chi connectivity index (χ1n) is 11.6. The molecular formula is C25H35N3O3S. The van der Waals surface area contributed by atoms with Crippen molar-refractivity contribution in [3.8, 4) is 0 Å². The highest BCUT2D eigenvalue weighted by atomic mass is 32.2. The maximum atomic E-state index is 12.7. The van der Waals surface area contributed by atoms with E-state index in [2.05, 4.69) is 34.5 Å². The number of nitrogens with one attached hydrogen (secondary N) is 1. The van der Waals surface area contributed by atoms with Crippen molar-refractivity contribution in [3.05, 3.63) is 65.7 Å². The Kier molecular flexibility index (Phi) is 8.99. The highest BCUT2D eigenvalue weighted by Gasteiger charge is 2.23. The van der Waals surface area contributed by atoms with E-state index in [4.69, 9.17) is 0 Å². The van der Waals surface area contributed by atoms with Crippen molar-refractivity contribution in [3.63, 3.8) is 0 Å². The molecule has 1 saturated heterocycles. The van der Waals surface area contributed by atoms with Crippen LogP contribution < -0.4 is 5.32 Å². The van der Waals surface area contributed by atoms with Gasteiger partial charge < -0.3 is 5.32 Å². The fourth-order valence-corrected chi connectivity index (χ4v) is 5.77. The van der Waals surface area contributed by atoms with Gasteiger partial charge in [0, 0.05) is 31.2 Å². The van der Waals surface area contributed by atoms with Gasteiger partial charge in [-0.25, -0.2) is 8.42 Å². The highest BCUT2D eigenvalue weighted by molar-refractivity contribution is 7.89. The van der Waals surface area contributed by atoms with Gasteiger partial charge in [0.1, 0.15) is 0 Å². The minimum atomic E-state index is -3.51. The molecular weight excluding hydrogens is 422 g/mol. The lowest BCUT2D eigenvalue weighted by atomic mass is 10.0. The number of hydrogen-bond acceptors (Lipinski definition) is 5. The zero-order chi connectivity index (χ0) is 23.0. The Morgan fingerprint density at radius 2 is 1.59 bits per heavy atom. The number of Topliss-reactive ketones (excluding diaryl/α,β-unsaturated/α-hetero) is 1. The molecule has 0 spiro atoms. The standard InChI is InChI=1S/C25H35N3O3S/c1-3-28(4-2)32(30,31)23-15-13-22(14-16-23)25(29)20-26-19-24(21-11-7-5-8-12-21)27-17-9-6-10-18-27/h5,7-8,11-16,24,26H,3-4,6,9-10,17-20H2,1-2H3. The van der Waals surface area contributed by atoms with Crippen LogP contribution in [0.5, 0.6) is 0 Å². The number of sulfonamides is 1. The van der Waals surface area contributed by atoms with E-state index in [1.807, 2.05) is 19.9 Å². The molecule has 7 heteroatoms. The summed E-state index contributed by atoms with van der Waals surface area (Å²) in [6, 6.07) is 17.0. The van der Waals surface area contributed by atoms with Crippen LogP contribution in [0, 0.1) is 0 Å². The molecule has 0 aromatic heterocycles. The van der Waals surface area contributed by atoms with E-state index in [1.165, 1.54) is 41.3 Å². The molecule has 32 heavy (non-hydrogen) atoms. The summed E-state index contributed by atoms with van der Waals surface area (Å²) in [5, 5.41) is 3.34. The summed E-state index contributed by atoms with van der Waals surface area (Å²) >= 11 is 0. The molecule has 174 valence electrons. The molecule has 1 atom stereocenters. The fourth-order valence-electron chi connectivity index (χ4n) is 4.31. The Bertz CT molecular complexity index is 952. The molecule has 2 aromatic carbocycles. The fraction of sp³-hybridized carbons (Fsp3) is 0.480. The topological polar surface area (TPSA) is 69.7 Å². The van der Waals surface area contributed by atoms with Crippen molar-refractivity contribution in [2.45, 2.75) is 44.0 Å². The normalized spacial score (nSPS) is 16.2. The molecule has 2 aromatic rings. The van der Waals surface area contributed by atoms with Crippen LogP contribution in [0.2, 0.25) is 0 Å². The summed E-state index contributed by atoms with van der Waals surface area (Å²) in [4.78, 5) is 15.4. The third-order valence-electron chi connectivity index (χ3n) is 6.16. The van der Waals surface area contributed by atoms with Crippen LogP contribution >= 0.6 is 0 Å². The molecule has 3 rings (SSSR count). The van der Waals surface area contributed by atoms with E-state index in [1.54, 1.807) is 12.1 Å². The molecule has 0 aliphatic carbocycles. The third kappa shape index (κ3) is 6.04. The summed E-state index contributed by atoms with van der Waals surface area (Å²) in [6.07, 6.45) is 3.71. The maximum absolute atomic E-state index is 12.7. The first-order valence-corrected chi connectivity index (χ1v) is 13.0. The first-order chi connectivity index (χ1) is 15.5. The minimum absolute atomic E-state index is 0.0396. The van der Waals surface area contributed by atoms with E-state index < -0.39 is 10.0 Å². The SMILES string of the molecule is CCN(CC)S(=O)(=O)c1ccc(C(=O)CNCC(c2ccccc2)N2CCCCC2)cc1. The van der Waals surface area contributed by atoms with E-state index in [0.29, 0.717) is 25.2 Å². The number of carbonyl (C=O) groups is 1. The van der Waals surface area contributed by atoms with Crippen LogP contribution in [0.25, 0.3) is 0 Å². The second kappa shape index (κ2) is 11.7. The van der Waals surface area contributed by atoms with Crippen molar-refractivity contribution < 1.29 is 13.2 Å². The Balaban J connectivity index is 1.61. The Hall–Kier alpha value is -2.06. The van der Waals surface area contributed by atoms with Gasteiger partial charge in [0.25, 0.3) is 0 Å². The van der Waals surface area contributed by atoms with Crippen LogP contribution in [0.1, 0.15) is 55.1 Å². The van der Waals surface area contributed by atoms with Crippen LogP contribution in [-0.4, -0.2) is 62.7 Å². The number of nitrogens with zero attached hydrogens (tertiary/aromatic N) is 2. The molecule has 1 aliphatic rings. The Labute approximate surface area is 192 Å². The predicted octanol–water partition coefficient (Wildman–Crippen LogP) is 3.72. The van der Waals surface area contributed by atoms with Crippen molar-refractivity contribution in [2.75, 3.05) is 39.3 Å². The van der Waals surface area contributed by atoms with E-state index in [9.17, 15) is 13.2 Å². The number of hydrogen-bond donors (Lipinski definition) is 1. The molecule has 0 radical (unpaired) electrons. The smallest absolute Gasteiger partial charge is 0.243 e. The molecule has 1 fully saturated rings. The lowest BCUT2D eigenvalue weighted by molar-refractivity contribution is 0.0983. The average molecular weight is 458 g/mol. The number of piperidine rings is 1. The molecule has 1 unspecified atom stereocenters. The molecule has 0 amide bonds. The summed E-state index contributed by atoms with van der Waals surface area (Å²) in [5.74, 6) is -0.0396. The average Bonchev–Trinajstić information content (AvgIpc) is 2.83. The van der Waals surface area contributed by atoms with E-state index in [0.717, 1.165) is 13.1 Å². The van der Waals surface area contributed by atoms with Crippen molar-refractivity contribution in [1.82, 2.24) is 14.5 Å². The third-order valence-corrected chi connectivity index (χ3v) is 8.22. The summed E-state index contributed by atoms with van der Waals surface area (Å²) in [5.41, 5.74) is 1.78. The molecule has 0 saturated carbocycles. The highest BCUT2D eigenvalue weighted by Crippen LogP contribution is 2.24. The minimum Gasteiger partial charge on any atom is -0.308 e. The Morgan fingerprint density at radius 3 is 2.19 bits per heavy atom. The summed E-state index contributed by atoms with van der Waals surface area (Å²) in [6.45, 7) is 7.55. The largest absolute Gasteiger partial charge is 0.308 e. The Morgan fingerprint density at radius 1 is 0.969 bits per heavy atom. The first kappa shape index (κ1) is 24.6. The summed E-state index contributed by atoms with van der Waals surface area (Å²) < 4.78 is 26.7. The van der Waals surface area contributed by atoms with Gasteiger partial charge in [0.2, 0.25) is 10.0 Å². The molecule has 1 N–H and O–H groups in total. The second-order valence-electron chi connectivity index (χ2n) is 8.19. The quantitative estimate of drug-likeness (QED) is 0.521. The molecule has 6 nitrogen and oxygen atoms in total. The lowest BCUT2D eigenvalue weighted by Crippen LogP contribution is -2.40. The number of rotatable bonds is 11. The number of likely N-dealkylation sites (tertiary alicyclic amines) is 1. The molecule has 1 aliphatic heterocycles. The van der Waals surface area contributed by atoms with Gasteiger partial charge in [-0.2, -0.15) is 4.31 Å². The zero-order valence-electron chi connectivity index (χ0n) is 19.2. The van der Waals surface area contributed by atoms with Gasteiger partial charge >= 0.3 is 0 Å². The van der Waals surface area contributed by atoms with Gasteiger partial charge in [0.05, 0.1) is 11.4 Å². The monoisotopic (exact) mass is 457 g/mol.